The van der Waals surface area contributed by atoms with Gasteiger partial charge in [0, 0.05) is 29.9 Å². The van der Waals surface area contributed by atoms with E-state index in [4.69, 9.17) is 4.98 Å². The fraction of sp³-hybridized carbons (Fsp3) is 0.579. The smallest absolute Gasteiger partial charge is 0.261 e. The lowest BCUT2D eigenvalue weighted by molar-refractivity contribution is 0.531. The van der Waals surface area contributed by atoms with Crippen LogP contribution in [0, 0.1) is 6.92 Å². The zero-order chi connectivity index (χ0) is 18.5. The second-order valence-electron chi connectivity index (χ2n) is 8.08. The van der Waals surface area contributed by atoms with Gasteiger partial charge >= 0.3 is 0 Å². The van der Waals surface area contributed by atoms with E-state index >= 15 is 0 Å². The molecular weight excluding hydrogens is 334 g/mol. The van der Waals surface area contributed by atoms with E-state index in [-0.39, 0.29) is 16.3 Å². The predicted molar refractivity (Wildman–Crippen MR) is 103 cm³/mol. The molecule has 0 amide bonds. The minimum atomic E-state index is -1.19. The van der Waals surface area contributed by atoms with Crippen LogP contribution in [-0.4, -0.2) is 18.9 Å². The van der Waals surface area contributed by atoms with Crippen LogP contribution in [-0.2, 0) is 18.4 Å². The Kier molecular flexibility index (Phi) is 4.73. The van der Waals surface area contributed by atoms with E-state index in [0.29, 0.717) is 11.3 Å². The number of nitrogens with zero attached hydrogens (tertiary/aromatic N) is 2. The molecule has 0 bridgehead atoms. The van der Waals surface area contributed by atoms with Crippen LogP contribution in [0.5, 0.6) is 0 Å². The molecule has 1 aromatic carbocycles. The lowest BCUT2D eigenvalue weighted by Gasteiger charge is -2.27. The maximum atomic E-state index is 12.8. The summed E-state index contributed by atoms with van der Waals surface area (Å²) in [6.07, 6.45) is 2.18. The molecule has 1 aliphatic rings. The number of benzene rings is 1. The molecule has 3 rings (SSSR count). The third-order valence-corrected chi connectivity index (χ3v) is 6.32. The number of hydrogen-bond acceptors (Lipinski definition) is 4. The van der Waals surface area contributed by atoms with Crippen LogP contribution in [0.4, 0.5) is 0 Å². The highest BCUT2D eigenvalue weighted by Crippen LogP contribution is 2.39. The highest BCUT2D eigenvalue weighted by molar-refractivity contribution is 7.90. The highest BCUT2D eigenvalue weighted by atomic mass is 32.2. The summed E-state index contributed by atoms with van der Waals surface area (Å²) in [5.74, 6) is 1.26. The van der Waals surface area contributed by atoms with Crippen LogP contribution in [0.3, 0.4) is 0 Å². The first kappa shape index (κ1) is 18.4. The molecule has 2 aromatic rings. The van der Waals surface area contributed by atoms with E-state index < -0.39 is 11.4 Å². The molecule has 1 fully saturated rings. The molecule has 6 heteroatoms. The number of hydrogen-bond donors (Lipinski definition) is 1. The average molecular weight is 362 g/mol. The first-order chi connectivity index (χ1) is 11.6. The van der Waals surface area contributed by atoms with E-state index in [9.17, 15) is 9.35 Å². The number of fused-ring (bicyclic) bond motifs is 1. The molecule has 1 unspecified atom stereocenters. The summed E-state index contributed by atoms with van der Waals surface area (Å²) < 4.78 is 17.0. The van der Waals surface area contributed by atoms with Crippen LogP contribution in [0.1, 0.15) is 69.4 Å². The monoisotopic (exact) mass is 361 g/mol. The lowest BCUT2D eigenvalue weighted by Crippen LogP contribution is -2.40. The molecule has 1 saturated carbocycles. The van der Waals surface area contributed by atoms with Crippen LogP contribution in [0.15, 0.2) is 16.9 Å². The molecule has 2 atom stereocenters. The van der Waals surface area contributed by atoms with Gasteiger partial charge in [0.15, 0.2) is 0 Å². The summed E-state index contributed by atoms with van der Waals surface area (Å²) in [4.78, 5) is 17.7. The molecule has 0 saturated heterocycles. The van der Waals surface area contributed by atoms with Gasteiger partial charge in [0.1, 0.15) is 10.6 Å². The number of aryl methyl sites for hydroxylation is 1. The van der Waals surface area contributed by atoms with Crippen LogP contribution < -0.4 is 10.3 Å². The van der Waals surface area contributed by atoms with E-state index in [2.05, 4.69) is 4.72 Å². The maximum Gasteiger partial charge on any atom is 0.261 e. The molecular formula is C19H27N3O2S. The van der Waals surface area contributed by atoms with Crippen LogP contribution in [0.25, 0.3) is 10.9 Å². The Labute approximate surface area is 152 Å². The van der Waals surface area contributed by atoms with Crippen molar-refractivity contribution in [1.29, 1.82) is 0 Å². The standard InChI is InChI=1S/C19H27N3O2S/c1-11-9-14(12(2)21-25(24)19(3,4)5)16-15(10-11)18(23)22(6)17(20-16)13-7-8-13/h9-10,12-13,21H,7-8H2,1-6H3/t12-,25?/m1/s1. The summed E-state index contributed by atoms with van der Waals surface area (Å²) >= 11 is -1.19. The number of aromatic nitrogens is 2. The molecule has 1 heterocycles. The van der Waals surface area contributed by atoms with Crippen molar-refractivity contribution in [2.75, 3.05) is 0 Å². The fourth-order valence-electron chi connectivity index (χ4n) is 3.01. The quantitative estimate of drug-likeness (QED) is 0.849. The van der Waals surface area contributed by atoms with Gasteiger partial charge in [0.2, 0.25) is 0 Å². The van der Waals surface area contributed by atoms with Crippen LogP contribution in [0.2, 0.25) is 0 Å². The van der Waals surface area contributed by atoms with Gasteiger partial charge in [-0.05, 0) is 59.1 Å². The molecule has 1 aliphatic carbocycles. The Balaban J connectivity index is 2.12. The summed E-state index contributed by atoms with van der Waals surface area (Å²) in [7, 11) is 1.81. The number of rotatable bonds is 4. The third-order valence-electron chi connectivity index (χ3n) is 4.64. The van der Waals surface area contributed by atoms with Gasteiger partial charge in [-0.2, -0.15) is 0 Å². The molecule has 0 aliphatic heterocycles. The Hall–Kier alpha value is -1.37. The second kappa shape index (κ2) is 6.41. The SMILES string of the molecule is Cc1cc([C@@H](C)N[S+]([O-])C(C)(C)C)c2nc(C3CC3)n(C)c(=O)c2c1. The van der Waals surface area contributed by atoms with Crippen molar-refractivity contribution >= 4 is 22.3 Å². The molecule has 25 heavy (non-hydrogen) atoms. The van der Waals surface area contributed by atoms with Crippen LogP contribution >= 0.6 is 0 Å². The van der Waals surface area contributed by atoms with Crippen molar-refractivity contribution in [3.05, 3.63) is 39.4 Å². The normalized spacial score (nSPS) is 17.7. The zero-order valence-electron chi connectivity index (χ0n) is 15.8. The van der Waals surface area contributed by atoms with Crippen molar-refractivity contribution in [3.63, 3.8) is 0 Å². The van der Waals surface area contributed by atoms with Gasteiger partial charge < -0.3 is 4.55 Å². The van der Waals surface area contributed by atoms with Gasteiger partial charge in [-0.15, -0.1) is 4.72 Å². The Morgan fingerprint density at radius 1 is 1.36 bits per heavy atom. The molecule has 0 spiro atoms. The van der Waals surface area contributed by atoms with E-state index in [1.165, 1.54) is 0 Å². The fourth-order valence-corrected chi connectivity index (χ4v) is 3.81. The molecule has 1 aromatic heterocycles. The molecule has 136 valence electrons. The van der Waals surface area contributed by atoms with Crippen molar-refractivity contribution in [1.82, 2.24) is 14.3 Å². The second-order valence-corrected chi connectivity index (χ2v) is 10.1. The molecule has 1 N–H and O–H groups in total. The summed E-state index contributed by atoms with van der Waals surface area (Å²) in [6, 6.07) is 3.79. The average Bonchev–Trinajstić information content (AvgIpc) is 3.34. The van der Waals surface area contributed by atoms with Gasteiger partial charge in [0.05, 0.1) is 16.9 Å². The van der Waals surface area contributed by atoms with Gasteiger partial charge in [-0.25, -0.2) is 4.98 Å². The van der Waals surface area contributed by atoms with Crippen molar-refractivity contribution in [3.8, 4) is 0 Å². The Bertz CT molecular complexity index is 866. The minimum absolute atomic E-state index is 0.000920. The van der Waals surface area contributed by atoms with Gasteiger partial charge in [0.25, 0.3) is 5.56 Å². The first-order valence-electron chi connectivity index (χ1n) is 8.79. The predicted octanol–water partition coefficient (Wildman–Crippen LogP) is 3.23. The first-order valence-corrected chi connectivity index (χ1v) is 9.94. The topological polar surface area (TPSA) is 70.0 Å². The maximum absolute atomic E-state index is 12.8. The summed E-state index contributed by atoms with van der Waals surface area (Å²) in [5, 5.41) is 0.636. The third kappa shape index (κ3) is 3.61. The van der Waals surface area contributed by atoms with E-state index in [0.717, 1.165) is 35.3 Å². The van der Waals surface area contributed by atoms with E-state index in [1.54, 1.807) is 11.6 Å². The Morgan fingerprint density at radius 3 is 2.56 bits per heavy atom. The Morgan fingerprint density at radius 2 is 2.00 bits per heavy atom. The van der Waals surface area contributed by atoms with Gasteiger partial charge in [-0.3, -0.25) is 9.36 Å². The highest BCUT2D eigenvalue weighted by Gasteiger charge is 2.31. The zero-order valence-corrected chi connectivity index (χ0v) is 16.7. The van der Waals surface area contributed by atoms with Gasteiger partial charge in [-0.1, -0.05) is 6.07 Å². The van der Waals surface area contributed by atoms with Crippen molar-refractivity contribution in [2.45, 2.75) is 64.2 Å². The van der Waals surface area contributed by atoms with Crippen molar-refractivity contribution < 1.29 is 4.55 Å². The minimum Gasteiger partial charge on any atom is -0.598 e. The number of nitrogens with one attached hydrogen (secondary N) is 1. The summed E-state index contributed by atoms with van der Waals surface area (Å²) in [5.41, 5.74) is 2.69. The lowest BCUT2D eigenvalue weighted by atomic mass is 10.0. The largest absolute Gasteiger partial charge is 0.598 e. The van der Waals surface area contributed by atoms with E-state index in [1.807, 2.05) is 46.8 Å². The molecule has 5 nitrogen and oxygen atoms in total. The van der Waals surface area contributed by atoms with Crippen molar-refractivity contribution in [2.24, 2.45) is 7.05 Å². The summed E-state index contributed by atoms with van der Waals surface area (Å²) in [6.45, 7) is 9.78. The molecule has 0 radical (unpaired) electrons.